The molecule has 0 aliphatic carbocycles. The number of aryl methyl sites for hydroxylation is 1. The normalized spacial score (nSPS) is 12.8. The second-order valence-corrected chi connectivity index (χ2v) is 4.95. The van der Waals surface area contributed by atoms with Crippen LogP contribution in [0, 0.1) is 12.7 Å². The molecule has 0 fully saturated rings. The van der Waals surface area contributed by atoms with Crippen LogP contribution in [0.1, 0.15) is 11.1 Å². The first-order valence-electron chi connectivity index (χ1n) is 5.44. The highest BCUT2D eigenvalue weighted by molar-refractivity contribution is 7.90. The second kappa shape index (κ2) is 5.80. The van der Waals surface area contributed by atoms with E-state index in [2.05, 4.69) is 4.40 Å². The van der Waals surface area contributed by atoms with Gasteiger partial charge in [0.1, 0.15) is 17.2 Å². The smallest absolute Gasteiger partial charge is 0.185 e. The van der Waals surface area contributed by atoms with E-state index in [4.69, 9.17) is 0 Å². The molecule has 0 aromatic heterocycles. The highest BCUT2D eigenvalue weighted by atomic mass is 32.2. The van der Waals surface area contributed by atoms with Gasteiger partial charge in [-0.3, -0.25) is 0 Å². The van der Waals surface area contributed by atoms with Crippen LogP contribution in [-0.4, -0.2) is 10.8 Å². The Morgan fingerprint density at radius 1 is 1.11 bits per heavy atom. The molecule has 4 heteroatoms. The van der Waals surface area contributed by atoms with E-state index in [1.165, 1.54) is 18.3 Å². The van der Waals surface area contributed by atoms with Gasteiger partial charge in [-0.05, 0) is 30.7 Å². The lowest BCUT2D eigenvalue weighted by molar-refractivity contribution is 0.596. The molecule has 0 bridgehead atoms. The Labute approximate surface area is 109 Å². The van der Waals surface area contributed by atoms with Crippen LogP contribution in [0.5, 0.6) is 0 Å². The maximum Gasteiger partial charge on any atom is 0.185 e. The average Bonchev–Trinajstić information content (AvgIpc) is 2.38. The molecule has 0 heterocycles. The van der Waals surface area contributed by atoms with Crippen LogP contribution in [0.4, 0.5) is 4.39 Å². The summed E-state index contributed by atoms with van der Waals surface area (Å²) >= 11 is -1.43. The predicted octanol–water partition coefficient (Wildman–Crippen LogP) is 3.28. The molecule has 2 nitrogen and oxygen atoms in total. The fraction of sp³-hybridized carbons (Fsp3) is 0.0714. The van der Waals surface area contributed by atoms with Gasteiger partial charge < -0.3 is 4.55 Å². The maximum absolute atomic E-state index is 12.7. The summed E-state index contributed by atoms with van der Waals surface area (Å²) in [6.07, 6.45) is 1.49. The van der Waals surface area contributed by atoms with Gasteiger partial charge in [0.2, 0.25) is 0 Å². The van der Waals surface area contributed by atoms with Crippen molar-refractivity contribution in [3.8, 4) is 0 Å². The largest absolute Gasteiger partial charge is 0.586 e. The fourth-order valence-electron chi connectivity index (χ4n) is 1.47. The van der Waals surface area contributed by atoms with Gasteiger partial charge in [0, 0.05) is 5.56 Å². The summed E-state index contributed by atoms with van der Waals surface area (Å²) in [4.78, 5) is 0.691. The van der Waals surface area contributed by atoms with Crippen molar-refractivity contribution < 1.29 is 8.94 Å². The highest BCUT2D eigenvalue weighted by Gasteiger charge is 2.11. The zero-order chi connectivity index (χ0) is 13.0. The lowest BCUT2D eigenvalue weighted by Crippen LogP contribution is -2.00. The standard InChI is InChI=1S/C14H12FNOS/c1-11-4-2-3-5-14(11)18(17)16-10-12-6-8-13(15)9-7-12/h2-10H,1H3/b16-10+. The van der Waals surface area contributed by atoms with E-state index in [0.29, 0.717) is 4.90 Å². The lowest BCUT2D eigenvalue weighted by atomic mass is 10.2. The Balaban J connectivity index is 2.14. The number of nitrogens with zero attached hydrogens (tertiary/aromatic N) is 1. The summed E-state index contributed by atoms with van der Waals surface area (Å²) in [5.74, 6) is -0.299. The summed E-state index contributed by atoms with van der Waals surface area (Å²) in [5.41, 5.74) is 1.66. The molecule has 0 spiro atoms. The third-order valence-electron chi connectivity index (χ3n) is 2.45. The Bertz CT molecular complexity index is 554. The molecule has 2 aromatic rings. The quantitative estimate of drug-likeness (QED) is 0.617. The van der Waals surface area contributed by atoms with Crippen molar-refractivity contribution in [2.24, 2.45) is 4.40 Å². The molecule has 0 amide bonds. The molecule has 0 saturated heterocycles. The molecule has 0 aliphatic heterocycles. The summed E-state index contributed by atoms with van der Waals surface area (Å²) in [6.45, 7) is 1.89. The van der Waals surface area contributed by atoms with Gasteiger partial charge >= 0.3 is 0 Å². The average molecular weight is 261 g/mol. The predicted molar refractivity (Wildman–Crippen MR) is 71.6 cm³/mol. The van der Waals surface area contributed by atoms with Crippen molar-refractivity contribution >= 4 is 17.6 Å². The van der Waals surface area contributed by atoms with Crippen LogP contribution in [0.3, 0.4) is 0 Å². The fourth-order valence-corrected chi connectivity index (χ4v) is 2.34. The molecule has 0 aliphatic rings. The van der Waals surface area contributed by atoms with E-state index in [1.54, 1.807) is 18.2 Å². The first-order valence-corrected chi connectivity index (χ1v) is 6.54. The Morgan fingerprint density at radius 3 is 2.44 bits per heavy atom. The minimum Gasteiger partial charge on any atom is -0.586 e. The molecule has 18 heavy (non-hydrogen) atoms. The molecular weight excluding hydrogens is 249 g/mol. The van der Waals surface area contributed by atoms with Crippen molar-refractivity contribution in [2.45, 2.75) is 11.8 Å². The van der Waals surface area contributed by atoms with Crippen molar-refractivity contribution in [3.63, 3.8) is 0 Å². The molecule has 92 valence electrons. The third-order valence-corrected chi connectivity index (χ3v) is 3.58. The van der Waals surface area contributed by atoms with Crippen LogP contribution >= 0.6 is 0 Å². The molecule has 0 saturated carbocycles. The van der Waals surface area contributed by atoms with Crippen LogP contribution in [0.2, 0.25) is 0 Å². The highest BCUT2D eigenvalue weighted by Crippen LogP contribution is 2.16. The van der Waals surface area contributed by atoms with E-state index in [9.17, 15) is 8.94 Å². The van der Waals surface area contributed by atoms with Crippen LogP contribution < -0.4 is 0 Å². The minimum atomic E-state index is -1.43. The van der Waals surface area contributed by atoms with Gasteiger partial charge in [0.15, 0.2) is 4.90 Å². The zero-order valence-electron chi connectivity index (χ0n) is 9.84. The van der Waals surface area contributed by atoms with Crippen molar-refractivity contribution in [3.05, 3.63) is 65.5 Å². The number of halogens is 1. The van der Waals surface area contributed by atoms with Gasteiger partial charge in [-0.1, -0.05) is 34.7 Å². The van der Waals surface area contributed by atoms with Gasteiger partial charge in [-0.25, -0.2) is 4.39 Å². The Hall–Kier alpha value is -1.65. The number of hydrogen-bond donors (Lipinski definition) is 0. The minimum absolute atomic E-state index is 0.299. The summed E-state index contributed by atoms with van der Waals surface area (Å²) in [6, 6.07) is 13.3. The molecule has 0 radical (unpaired) electrons. The Kier molecular flexibility index (Phi) is 4.12. The number of benzene rings is 2. The van der Waals surface area contributed by atoms with Crippen molar-refractivity contribution in [1.29, 1.82) is 0 Å². The molecular formula is C14H12FNOS. The van der Waals surface area contributed by atoms with E-state index in [0.717, 1.165) is 11.1 Å². The number of hydrogen-bond acceptors (Lipinski definition) is 2. The Morgan fingerprint density at radius 2 is 1.78 bits per heavy atom. The van der Waals surface area contributed by atoms with Crippen molar-refractivity contribution in [2.75, 3.05) is 0 Å². The summed E-state index contributed by atoms with van der Waals surface area (Å²) < 4.78 is 28.6. The van der Waals surface area contributed by atoms with Crippen LogP contribution in [0.15, 0.2) is 57.8 Å². The zero-order valence-corrected chi connectivity index (χ0v) is 10.7. The van der Waals surface area contributed by atoms with E-state index in [1.807, 2.05) is 25.1 Å². The van der Waals surface area contributed by atoms with Gasteiger partial charge in [-0.2, -0.15) is 0 Å². The number of rotatable bonds is 3. The monoisotopic (exact) mass is 261 g/mol. The first kappa shape index (κ1) is 12.8. The first-order chi connectivity index (χ1) is 8.66. The summed E-state index contributed by atoms with van der Waals surface area (Å²) in [5, 5.41) is 0. The van der Waals surface area contributed by atoms with Gasteiger partial charge in [-0.15, -0.1) is 0 Å². The molecule has 1 atom stereocenters. The molecule has 1 unspecified atom stereocenters. The second-order valence-electron chi connectivity index (χ2n) is 3.80. The van der Waals surface area contributed by atoms with Crippen LogP contribution in [0.25, 0.3) is 0 Å². The van der Waals surface area contributed by atoms with E-state index >= 15 is 0 Å². The molecule has 0 N–H and O–H groups in total. The summed E-state index contributed by atoms with van der Waals surface area (Å²) in [7, 11) is 0. The van der Waals surface area contributed by atoms with Crippen molar-refractivity contribution in [1.82, 2.24) is 0 Å². The SMILES string of the molecule is Cc1ccccc1[S+]([O-])/N=C/c1ccc(F)cc1. The third kappa shape index (κ3) is 3.18. The van der Waals surface area contributed by atoms with E-state index in [-0.39, 0.29) is 5.82 Å². The maximum atomic E-state index is 12.7. The van der Waals surface area contributed by atoms with Gasteiger partial charge in [0.25, 0.3) is 0 Å². The topological polar surface area (TPSA) is 35.4 Å². The lowest BCUT2D eigenvalue weighted by Gasteiger charge is -2.04. The van der Waals surface area contributed by atoms with Crippen LogP contribution in [-0.2, 0) is 11.4 Å². The molecule has 2 rings (SSSR count). The van der Waals surface area contributed by atoms with Gasteiger partial charge in [0.05, 0.1) is 6.21 Å². The van der Waals surface area contributed by atoms with E-state index < -0.39 is 11.4 Å². The molecule has 2 aromatic carbocycles.